The third kappa shape index (κ3) is 1.47. The Kier molecular flexibility index (Phi) is 2.34. The lowest BCUT2D eigenvalue weighted by Crippen LogP contribution is -2.30. The van der Waals surface area contributed by atoms with Crippen LogP contribution in [0.25, 0.3) is 0 Å². The van der Waals surface area contributed by atoms with Gasteiger partial charge >= 0.3 is 0 Å². The summed E-state index contributed by atoms with van der Waals surface area (Å²) in [5.41, 5.74) is 3.53. The van der Waals surface area contributed by atoms with Gasteiger partial charge in [0.2, 0.25) is 10.0 Å². The summed E-state index contributed by atoms with van der Waals surface area (Å²) in [7, 11) is -3.43. The molecular formula is C18H17NO2S. The minimum atomic E-state index is -3.43. The van der Waals surface area contributed by atoms with Crippen LogP contribution in [-0.4, -0.2) is 12.7 Å². The minimum Gasteiger partial charge on any atom is -0.207 e. The van der Waals surface area contributed by atoms with E-state index in [1.807, 2.05) is 31.2 Å². The molecule has 2 aliphatic heterocycles. The topological polar surface area (TPSA) is 37.4 Å². The smallest absolute Gasteiger partial charge is 0.207 e. The van der Waals surface area contributed by atoms with Crippen molar-refractivity contribution in [3.05, 3.63) is 65.2 Å². The van der Waals surface area contributed by atoms with Crippen molar-refractivity contribution in [2.45, 2.75) is 30.3 Å². The van der Waals surface area contributed by atoms with Crippen molar-refractivity contribution in [2.24, 2.45) is 11.8 Å². The number of nitrogens with zero attached hydrogens (tertiary/aromatic N) is 1. The van der Waals surface area contributed by atoms with Gasteiger partial charge < -0.3 is 0 Å². The van der Waals surface area contributed by atoms with Crippen LogP contribution in [0, 0.1) is 18.8 Å². The molecule has 0 N–H and O–H groups in total. The molecule has 112 valence electrons. The summed E-state index contributed by atoms with van der Waals surface area (Å²) in [5.74, 6) is 1.06. The van der Waals surface area contributed by atoms with Crippen LogP contribution in [0.2, 0.25) is 0 Å². The third-order valence-electron chi connectivity index (χ3n) is 5.48. The fourth-order valence-electron chi connectivity index (χ4n) is 4.43. The predicted molar refractivity (Wildman–Crippen MR) is 83.7 cm³/mol. The second kappa shape index (κ2) is 4.00. The first-order valence-corrected chi connectivity index (χ1v) is 9.22. The van der Waals surface area contributed by atoms with Gasteiger partial charge in [0.25, 0.3) is 0 Å². The van der Waals surface area contributed by atoms with E-state index in [1.165, 1.54) is 17.5 Å². The van der Waals surface area contributed by atoms with Gasteiger partial charge in [-0.05, 0) is 48.4 Å². The molecule has 4 unspecified atom stereocenters. The van der Waals surface area contributed by atoms with Crippen LogP contribution in [0.4, 0.5) is 0 Å². The van der Waals surface area contributed by atoms with Crippen molar-refractivity contribution in [1.82, 2.24) is 4.31 Å². The molecule has 1 saturated heterocycles. The van der Waals surface area contributed by atoms with E-state index < -0.39 is 10.0 Å². The van der Waals surface area contributed by atoms with Crippen LogP contribution in [0.15, 0.2) is 53.4 Å². The quantitative estimate of drug-likeness (QED) is 0.852. The van der Waals surface area contributed by atoms with E-state index in [4.69, 9.17) is 0 Å². The fourth-order valence-corrected chi connectivity index (χ4v) is 6.29. The van der Waals surface area contributed by atoms with E-state index in [1.54, 1.807) is 16.4 Å². The van der Waals surface area contributed by atoms with E-state index >= 15 is 0 Å². The summed E-state index contributed by atoms with van der Waals surface area (Å²) < 4.78 is 28.1. The number of benzene rings is 2. The maximum atomic E-state index is 13.2. The largest absolute Gasteiger partial charge is 0.244 e. The highest BCUT2D eigenvalue weighted by Crippen LogP contribution is 2.71. The lowest BCUT2D eigenvalue weighted by Gasteiger charge is -2.25. The molecule has 2 bridgehead atoms. The molecule has 4 heteroatoms. The highest BCUT2D eigenvalue weighted by Gasteiger charge is 2.67. The van der Waals surface area contributed by atoms with Crippen molar-refractivity contribution in [1.29, 1.82) is 0 Å². The van der Waals surface area contributed by atoms with Crippen molar-refractivity contribution < 1.29 is 8.42 Å². The summed E-state index contributed by atoms with van der Waals surface area (Å²) in [6, 6.07) is 15.6. The second-order valence-corrected chi connectivity index (χ2v) is 8.57. The van der Waals surface area contributed by atoms with E-state index in [2.05, 4.69) is 12.1 Å². The summed E-state index contributed by atoms with van der Waals surface area (Å²) in [4.78, 5) is 0.419. The molecule has 0 aromatic heterocycles. The molecule has 3 aliphatic rings. The number of sulfonamides is 1. The van der Waals surface area contributed by atoms with Gasteiger partial charge in [-0.1, -0.05) is 42.0 Å². The van der Waals surface area contributed by atoms with Crippen LogP contribution in [0.1, 0.15) is 35.2 Å². The molecule has 0 amide bonds. The maximum absolute atomic E-state index is 13.2. The first-order valence-electron chi connectivity index (χ1n) is 7.78. The number of hydrogen-bond donors (Lipinski definition) is 0. The molecule has 1 saturated carbocycles. The van der Waals surface area contributed by atoms with Gasteiger partial charge in [0, 0.05) is 0 Å². The van der Waals surface area contributed by atoms with Crippen molar-refractivity contribution in [3.8, 4) is 0 Å². The molecule has 5 rings (SSSR count). The van der Waals surface area contributed by atoms with Crippen molar-refractivity contribution in [2.75, 3.05) is 0 Å². The number of aryl methyl sites for hydroxylation is 1. The average molecular weight is 311 g/mol. The molecule has 1 aliphatic carbocycles. The summed E-state index contributed by atoms with van der Waals surface area (Å²) in [6.07, 6.45) is 1.17. The molecule has 2 aromatic carbocycles. The highest BCUT2D eigenvalue weighted by atomic mass is 32.2. The van der Waals surface area contributed by atoms with E-state index in [0.717, 1.165) is 5.56 Å². The Labute approximate surface area is 130 Å². The molecule has 4 atom stereocenters. The zero-order valence-corrected chi connectivity index (χ0v) is 13.1. The van der Waals surface area contributed by atoms with Crippen LogP contribution < -0.4 is 0 Å². The molecule has 22 heavy (non-hydrogen) atoms. The summed E-state index contributed by atoms with van der Waals surface area (Å²) >= 11 is 0. The number of piperidine rings is 1. The van der Waals surface area contributed by atoms with Crippen LogP contribution in [0.5, 0.6) is 0 Å². The van der Waals surface area contributed by atoms with Crippen molar-refractivity contribution >= 4 is 10.0 Å². The summed E-state index contributed by atoms with van der Waals surface area (Å²) in [5, 5.41) is 0. The maximum Gasteiger partial charge on any atom is 0.244 e. The monoisotopic (exact) mass is 311 g/mol. The Morgan fingerprint density at radius 3 is 2.00 bits per heavy atom. The van der Waals surface area contributed by atoms with Gasteiger partial charge in [-0.2, -0.15) is 4.31 Å². The van der Waals surface area contributed by atoms with Crippen LogP contribution in [0.3, 0.4) is 0 Å². The SMILES string of the molecule is Cc1ccc(S(=O)(=O)N2C3c4ccccc4C2C2CC23)cc1. The molecule has 0 spiro atoms. The number of fused-ring (bicyclic) bond motifs is 8. The van der Waals surface area contributed by atoms with E-state index in [0.29, 0.717) is 16.7 Å². The second-order valence-electron chi connectivity index (χ2n) is 6.73. The zero-order valence-electron chi connectivity index (χ0n) is 12.3. The Bertz CT molecular complexity index is 837. The van der Waals surface area contributed by atoms with Gasteiger partial charge in [-0.3, -0.25) is 0 Å². The number of hydrogen-bond acceptors (Lipinski definition) is 2. The highest BCUT2D eigenvalue weighted by molar-refractivity contribution is 7.89. The molecule has 0 radical (unpaired) electrons. The lowest BCUT2D eigenvalue weighted by molar-refractivity contribution is 0.317. The first-order chi connectivity index (χ1) is 10.6. The van der Waals surface area contributed by atoms with Gasteiger partial charge in [0.15, 0.2) is 0 Å². The molecule has 2 aromatic rings. The van der Waals surface area contributed by atoms with Crippen LogP contribution in [-0.2, 0) is 10.0 Å². The molecule has 3 nitrogen and oxygen atoms in total. The Hall–Kier alpha value is -1.65. The van der Waals surface area contributed by atoms with E-state index in [9.17, 15) is 8.42 Å². The lowest BCUT2D eigenvalue weighted by atomic mass is 9.92. The standard InChI is InChI=1S/C18H17NO2S/c1-11-6-8-12(9-7-11)22(20,21)19-17-13-4-2-3-5-14(13)18(19)16-10-15(16)17/h2-9,15-18H,10H2,1H3. The predicted octanol–water partition coefficient (Wildman–Crippen LogP) is 3.43. The first kappa shape index (κ1) is 12.9. The number of rotatable bonds is 2. The molecule has 2 heterocycles. The normalized spacial score (nSPS) is 31.9. The van der Waals surface area contributed by atoms with Crippen LogP contribution >= 0.6 is 0 Å². The molecule has 2 fully saturated rings. The van der Waals surface area contributed by atoms with Gasteiger partial charge in [0.05, 0.1) is 17.0 Å². The van der Waals surface area contributed by atoms with E-state index in [-0.39, 0.29) is 12.1 Å². The van der Waals surface area contributed by atoms with Gasteiger partial charge in [-0.15, -0.1) is 0 Å². The van der Waals surface area contributed by atoms with Gasteiger partial charge in [0.1, 0.15) is 0 Å². The Balaban J connectivity index is 1.65. The third-order valence-corrected chi connectivity index (χ3v) is 7.36. The minimum absolute atomic E-state index is 0.0532. The zero-order chi connectivity index (χ0) is 15.1. The Morgan fingerprint density at radius 1 is 0.909 bits per heavy atom. The molecular weight excluding hydrogens is 294 g/mol. The Morgan fingerprint density at radius 2 is 1.45 bits per heavy atom. The van der Waals surface area contributed by atoms with Gasteiger partial charge in [-0.25, -0.2) is 8.42 Å². The fraction of sp³-hybridized carbons (Fsp3) is 0.333. The van der Waals surface area contributed by atoms with Crippen molar-refractivity contribution in [3.63, 3.8) is 0 Å². The summed E-state index contributed by atoms with van der Waals surface area (Å²) in [6.45, 7) is 1.97. The average Bonchev–Trinajstić information content (AvgIpc) is 3.15.